The van der Waals surface area contributed by atoms with Gasteiger partial charge in [0, 0.05) is 46.5 Å². The minimum atomic E-state index is -1.82. The molecule has 1 aromatic carbocycles. The summed E-state index contributed by atoms with van der Waals surface area (Å²) >= 11 is 0. The maximum atomic E-state index is 13.9. The summed E-state index contributed by atoms with van der Waals surface area (Å²) in [6.07, 6.45) is -8.13. The van der Waals surface area contributed by atoms with Crippen molar-refractivity contribution in [1.82, 2.24) is 0 Å². The summed E-state index contributed by atoms with van der Waals surface area (Å²) in [5.41, 5.74) is -4.20. The highest BCUT2D eigenvalue weighted by atomic mass is 16.6. The fraction of sp³-hybridized carbons (Fsp3) is 0.571. The Morgan fingerprint density at radius 2 is 1.38 bits per heavy atom. The van der Waals surface area contributed by atoms with Crippen LogP contribution >= 0.6 is 0 Å². The second-order valence-corrected chi connectivity index (χ2v) is 13.4. The van der Waals surface area contributed by atoms with E-state index in [1.165, 1.54) is 46.8 Å². The number of aliphatic hydroxyl groups excluding tert-OH is 1. The Morgan fingerprint density at radius 3 is 1.89 bits per heavy atom. The van der Waals surface area contributed by atoms with E-state index in [0.717, 1.165) is 6.92 Å². The molecule has 0 aliphatic heterocycles. The van der Waals surface area contributed by atoms with E-state index in [0.29, 0.717) is 5.57 Å². The second-order valence-electron chi connectivity index (χ2n) is 13.4. The molecule has 0 unspecified atom stereocenters. The molecule has 2 fully saturated rings. The monoisotopic (exact) mass is 656 g/mol. The summed E-state index contributed by atoms with van der Waals surface area (Å²) in [7, 11) is 0. The van der Waals surface area contributed by atoms with Gasteiger partial charge in [-0.2, -0.15) is 0 Å². The van der Waals surface area contributed by atoms with E-state index < -0.39 is 88.8 Å². The molecule has 2 N–H and O–H groups in total. The van der Waals surface area contributed by atoms with Gasteiger partial charge in [0.2, 0.25) is 0 Å². The van der Waals surface area contributed by atoms with Crippen LogP contribution in [0.4, 0.5) is 0 Å². The lowest BCUT2D eigenvalue weighted by atomic mass is 9.54. The van der Waals surface area contributed by atoms with Gasteiger partial charge in [-0.3, -0.25) is 19.2 Å². The largest absolute Gasteiger partial charge is 0.462 e. The summed E-state index contributed by atoms with van der Waals surface area (Å²) in [6, 6.07) is 8.07. The van der Waals surface area contributed by atoms with E-state index in [1.54, 1.807) is 32.0 Å². The van der Waals surface area contributed by atoms with Gasteiger partial charge in [0.1, 0.15) is 18.3 Å². The van der Waals surface area contributed by atoms with Gasteiger partial charge in [0.15, 0.2) is 12.2 Å². The maximum absolute atomic E-state index is 13.9. The fourth-order valence-electron chi connectivity index (χ4n) is 8.11. The predicted molar refractivity (Wildman–Crippen MR) is 165 cm³/mol. The molecule has 0 heterocycles. The average molecular weight is 657 g/mol. The molecule has 1 aromatic rings. The van der Waals surface area contributed by atoms with Gasteiger partial charge >= 0.3 is 29.8 Å². The molecule has 0 radical (unpaired) electrons. The molecule has 0 saturated heterocycles. The molecule has 12 nitrogen and oxygen atoms in total. The van der Waals surface area contributed by atoms with Crippen LogP contribution in [0.1, 0.15) is 78.6 Å². The topological polar surface area (TPSA) is 172 Å². The van der Waals surface area contributed by atoms with E-state index in [4.69, 9.17) is 23.7 Å². The molecule has 0 spiro atoms. The van der Waals surface area contributed by atoms with Crippen LogP contribution in [0, 0.1) is 16.7 Å². The lowest BCUT2D eigenvalue weighted by Gasteiger charge is -2.55. The molecule has 3 aliphatic carbocycles. The maximum Gasteiger partial charge on any atom is 0.338 e. The average Bonchev–Trinajstić information content (AvgIpc) is 3.21. The SMILES string of the molecule is C=C1[C@@H](O)C[C@@H](OC(C)=O)[C@@]2(C)[C@@H](OC(C)=O)[C@@H](OC(=O)c3ccccc3)C3=C(C)[C@@H](OC(C)=O)C[C@]3(C(C)(C)O)[C@@H](OC(C)=O)[C@H]12. The van der Waals surface area contributed by atoms with Crippen molar-refractivity contribution in [1.29, 1.82) is 0 Å². The van der Waals surface area contributed by atoms with E-state index in [1.807, 2.05) is 0 Å². The summed E-state index contributed by atoms with van der Waals surface area (Å²) in [5, 5.41) is 23.6. The van der Waals surface area contributed by atoms with E-state index in [2.05, 4.69) is 6.58 Å². The summed E-state index contributed by atoms with van der Waals surface area (Å²) in [6.45, 7) is 15.2. The lowest BCUT2D eigenvalue weighted by Crippen LogP contribution is -2.64. The van der Waals surface area contributed by atoms with Crippen molar-refractivity contribution in [2.24, 2.45) is 16.7 Å². The highest BCUT2D eigenvalue weighted by molar-refractivity contribution is 5.89. The Bertz CT molecular complexity index is 1490. The Labute approximate surface area is 274 Å². The van der Waals surface area contributed by atoms with Gasteiger partial charge in [-0.15, -0.1) is 0 Å². The zero-order valence-corrected chi connectivity index (χ0v) is 28.0. The van der Waals surface area contributed by atoms with Crippen LogP contribution in [0.15, 0.2) is 53.6 Å². The fourth-order valence-corrected chi connectivity index (χ4v) is 8.11. The molecular weight excluding hydrogens is 612 g/mol. The van der Waals surface area contributed by atoms with Crippen LogP contribution in [0.5, 0.6) is 0 Å². The lowest BCUT2D eigenvalue weighted by molar-refractivity contribution is -0.214. The highest BCUT2D eigenvalue weighted by Crippen LogP contribution is 2.66. The molecule has 256 valence electrons. The third kappa shape index (κ3) is 6.20. The number of esters is 5. The standard InChI is InChI=1S/C35H44O12/c1-17-24(40)15-26(44-20(4)37)34(9)28(17)30(45-21(5)38)35(33(7,8)42)16-25(43-19(3)36)18(2)27(35)29(31(34)46-22(6)39)47-32(41)23-13-11-10-12-14-23/h10-14,24-26,28-31,40,42H,1,15-16H2,2-9H3/t24-,25-,26+,28-,29-,30-,31-,34+,35+/m0/s1. The van der Waals surface area contributed by atoms with Crippen molar-refractivity contribution in [3.63, 3.8) is 0 Å². The van der Waals surface area contributed by atoms with Crippen LogP contribution in [0.25, 0.3) is 0 Å². The van der Waals surface area contributed by atoms with Crippen molar-refractivity contribution < 1.29 is 57.9 Å². The number of rotatable bonds is 7. The van der Waals surface area contributed by atoms with Crippen molar-refractivity contribution in [2.75, 3.05) is 0 Å². The number of fused-ring (bicyclic) bond motifs is 2. The van der Waals surface area contributed by atoms with Crippen LogP contribution in [-0.2, 0) is 42.9 Å². The zero-order chi connectivity index (χ0) is 35.2. The number of carbonyl (C=O) groups excluding carboxylic acids is 5. The third-order valence-electron chi connectivity index (χ3n) is 10.0. The summed E-state index contributed by atoms with van der Waals surface area (Å²) < 4.78 is 30.1. The van der Waals surface area contributed by atoms with Crippen molar-refractivity contribution in [2.45, 2.75) is 110 Å². The zero-order valence-electron chi connectivity index (χ0n) is 28.0. The van der Waals surface area contributed by atoms with Gasteiger partial charge in [0.25, 0.3) is 0 Å². The van der Waals surface area contributed by atoms with Crippen LogP contribution in [0.2, 0.25) is 0 Å². The quantitative estimate of drug-likeness (QED) is 0.249. The molecule has 2 saturated carbocycles. The number of carbonyl (C=O) groups is 5. The Hall–Kier alpha value is -4.03. The van der Waals surface area contributed by atoms with Crippen molar-refractivity contribution in [3.8, 4) is 0 Å². The van der Waals surface area contributed by atoms with E-state index in [9.17, 15) is 34.2 Å². The molecular formula is C35H44O12. The number of benzene rings is 1. The normalized spacial score (nSPS) is 33.5. The van der Waals surface area contributed by atoms with Gasteiger partial charge in [-0.25, -0.2) is 4.79 Å². The summed E-state index contributed by atoms with van der Waals surface area (Å²) in [5.74, 6) is -4.85. The molecule has 0 aromatic heterocycles. The van der Waals surface area contributed by atoms with Crippen molar-refractivity contribution >= 4 is 29.8 Å². The Morgan fingerprint density at radius 1 is 0.851 bits per heavy atom. The molecule has 47 heavy (non-hydrogen) atoms. The molecule has 0 amide bonds. The first-order valence-electron chi connectivity index (χ1n) is 15.5. The second kappa shape index (κ2) is 12.9. The Kier molecular flexibility index (Phi) is 9.81. The molecule has 3 aliphatic rings. The number of hydrogen-bond acceptors (Lipinski definition) is 12. The van der Waals surface area contributed by atoms with Crippen LogP contribution in [0.3, 0.4) is 0 Å². The minimum Gasteiger partial charge on any atom is -0.462 e. The van der Waals surface area contributed by atoms with Gasteiger partial charge in [-0.05, 0) is 49.6 Å². The third-order valence-corrected chi connectivity index (χ3v) is 10.0. The van der Waals surface area contributed by atoms with E-state index in [-0.39, 0.29) is 29.6 Å². The van der Waals surface area contributed by atoms with Crippen LogP contribution < -0.4 is 0 Å². The minimum absolute atomic E-state index is 0.143. The van der Waals surface area contributed by atoms with Gasteiger partial charge in [-0.1, -0.05) is 31.7 Å². The first kappa shape index (κ1) is 35.8. The summed E-state index contributed by atoms with van der Waals surface area (Å²) in [4.78, 5) is 64.8. The predicted octanol–water partition coefficient (Wildman–Crippen LogP) is 3.37. The smallest absolute Gasteiger partial charge is 0.338 e. The Balaban J connectivity index is 2.19. The number of ether oxygens (including phenoxy) is 5. The van der Waals surface area contributed by atoms with Crippen molar-refractivity contribution in [3.05, 3.63) is 59.2 Å². The van der Waals surface area contributed by atoms with E-state index >= 15 is 0 Å². The molecule has 9 atom stereocenters. The van der Waals surface area contributed by atoms with Crippen LogP contribution in [-0.4, -0.2) is 82.3 Å². The van der Waals surface area contributed by atoms with Gasteiger partial charge in [0.05, 0.1) is 28.1 Å². The first-order chi connectivity index (χ1) is 21.8. The van der Waals surface area contributed by atoms with Gasteiger partial charge < -0.3 is 33.9 Å². The number of aliphatic hydroxyl groups is 2. The highest BCUT2D eigenvalue weighted by Gasteiger charge is 2.74. The molecule has 12 heteroatoms. The number of hydrogen-bond donors (Lipinski definition) is 2. The first-order valence-corrected chi connectivity index (χ1v) is 15.5. The molecule has 0 bridgehead atoms. The molecule has 4 rings (SSSR count).